The van der Waals surface area contributed by atoms with Gasteiger partial charge in [-0.15, -0.1) is 0 Å². The average Bonchev–Trinajstić information content (AvgIpc) is 3.11. The van der Waals surface area contributed by atoms with Gasteiger partial charge >= 0.3 is 5.97 Å². The first-order valence-electron chi connectivity index (χ1n) is 9.65. The fourth-order valence-corrected chi connectivity index (χ4v) is 3.41. The lowest BCUT2D eigenvalue weighted by molar-refractivity contribution is -0.136. The van der Waals surface area contributed by atoms with Crippen LogP contribution in [-0.4, -0.2) is 28.7 Å². The summed E-state index contributed by atoms with van der Waals surface area (Å²) in [5.41, 5.74) is 2.65. The van der Waals surface area contributed by atoms with E-state index in [2.05, 4.69) is 10.5 Å². The first-order chi connectivity index (χ1) is 15.3. The van der Waals surface area contributed by atoms with Crippen LogP contribution in [0.3, 0.4) is 0 Å². The van der Waals surface area contributed by atoms with Crippen LogP contribution in [0.5, 0.6) is 5.75 Å². The maximum Gasteiger partial charge on any atom is 0.305 e. The van der Waals surface area contributed by atoms with Crippen LogP contribution in [0.15, 0.2) is 53.1 Å². The van der Waals surface area contributed by atoms with E-state index in [1.165, 1.54) is 6.08 Å². The minimum Gasteiger partial charge on any atom is -0.489 e. The molecule has 0 bridgehead atoms. The third-order valence-corrected chi connectivity index (χ3v) is 5.14. The molecule has 0 fully saturated rings. The van der Waals surface area contributed by atoms with Gasteiger partial charge in [0.2, 0.25) is 5.91 Å². The van der Waals surface area contributed by atoms with Crippen molar-refractivity contribution in [1.82, 2.24) is 10.5 Å². The summed E-state index contributed by atoms with van der Waals surface area (Å²) >= 11 is 12.6. The molecular formula is C23H20Cl2N2O5. The number of rotatable bonds is 9. The summed E-state index contributed by atoms with van der Waals surface area (Å²) in [6.45, 7) is 2.07. The van der Waals surface area contributed by atoms with Crippen LogP contribution in [0.1, 0.15) is 23.3 Å². The summed E-state index contributed by atoms with van der Waals surface area (Å²) in [4.78, 5) is 22.1. The van der Waals surface area contributed by atoms with Gasteiger partial charge in [-0.05, 0) is 42.8 Å². The van der Waals surface area contributed by atoms with Gasteiger partial charge in [0, 0.05) is 18.2 Å². The lowest BCUT2D eigenvalue weighted by Crippen LogP contribution is -2.23. The Morgan fingerprint density at radius 3 is 2.50 bits per heavy atom. The molecule has 2 N–H and O–H groups in total. The Hall–Kier alpha value is -3.29. The third kappa shape index (κ3) is 6.12. The van der Waals surface area contributed by atoms with Gasteiger partial charge in [-0.2, -0.15) is 0 Å². The number of ether oxygens (including phenoxy) is 1. The number of nitrogens with one attached hydrogen (secondary N) is 1. The fraction of sp³-hybridized carbons (Fsp3) is 0.174. The average molecular weight is 475 g/mol. The molecule has 2 aromatic carbocycles. The molecule has 0 aliphatic carbocycles. The molecule has 0 spiro atoms. The molecule has 0 saturated heterocycles. The smallest absolute Gasteiger partial charge is 0.305 e. The van der Waals surface area contributed by atoms with Gasteiger partial charge in [-0.25, -0.2) is 0 Å². The lowest BCUT2D eigenvalue weighted by atomic mass is 10.1. The summed E-state index contributed by atoms with van der Waals surface area (Å²) in [6, 6.07) is 12.4. The molecule has 7 nitrogen and oxygen atoms in total. The monoisotopic (exact) mass is 474 g/mol. The van der Waals surface area contributed by atoms with Gasteiger partial charge in [0.25, 0.3) is 0 Å². The van der Waals surface area contributed by atoms with E-state index in [0.717, 1.165) is 11.1 Å². The highest BCUT2D eigenvalue weighted by Gasteiger charge is 2.20. The number of halogens is 2. The van der Waals surface area contributed by atoms with Crippen molar-refractivity contribution >= 4 is 41.2 Å². The summed E-state index contributed by atoms with van der Waals surface area (Å²) in [5, 5.41) is 16.1. The number of aliphatic carboxylic acids is 1. The first kappa shape index (κ1) is 23.4. The van der Waals surface area contributed by atoms with E-state index in [4.69, 9.17) is 37.6 Å². The minimum absolute atomic E-state index is 0.0783. The Morgan fingerprint density at radius 1 is 1.16 bits per heavy atom. The molecule has 1 heterocycles. The van der Waals surface area contributed by atoms with Gasteiger partial charge in [0.05, 0.1) is 22.0 Å². The Kier molecular flexibility index (Phi) is 7.92. The van der Waals surface area contributed by atoms with Gasteiger partial charge in [-0.1, -0.05) is 46.6 Å². The number of aromatic nitrogens is 1. The number of carbonyl (C=O) groups excluding carboxylic acids is 1. The predicted octanol–water partition coefficient (Wildman–Crippen LogP) is 5.14. The Morgan fingerprint density at radius 2 is 1.84 bits per heavy atom. The second-order valence-electron chi connectivity index (χ2n) is 6.79. The SMILES string of the molecule is Cc1onc(-c2c(Cl)cccc2Cl)c1COc1ccc(/C=C/C(=O)NCCC(=O)O)cc1. The highest BCUT2D eigenvalue weighted by atomic mass is 35.5. The molecular weight excluding hydrogens is 455 g/mol. The number of carboxylic acid groups (broad SMARTS) is 1. The van der Waals surface area contributed by atoms with E-state index in [9.17, 15) is 9.59 Å². The van der Waals surface area contributed by atoms with E-state index in [0.29, 0.717) is 32.8 Å². The Labute approximate surface area is 194 Å². The zero-order valence-electron chi connectivity index (χ0n) is 17.1. The molecule has 1 amide bonds. The summed E-state index contributed by atoms with van der Waals surface area (Å²) in [7, 11) is 0. The zero-order chi connectivity index (χ0) is 23.1. The normalized spacial score (nSPS) is 11.0. The van der Waals surface area contributed by atoms with Crippen molar-refractivity contribution in [2.24, 2.45) is 0 Å². The van der Waals surface area contributed by atoms with Gasteiger partial charge in [-0.3, -0.25) is 9.59 Å². The number of amides is 1. The molecule has 166 valence electrons. The standard InChI is InChI=1S/C23H20Cl2N2O5/c1-14-17(23(27-32-14)22-18(24)3-2-4-19(22)25)13-31-16-8-5-15(6-9-16)7-10-20(28)26-12-11-21(29)30/h2-10H,11-13H2,1H3,(H,26,28)(H,29,30)/b10-7+. The van der Waals surface area contributed by atoms with Crippen molar-refractivity contribution in [1.29, 1.82) is 0 Å². The van der Waals surface area contributed by atoms with Gasteiger partial charge in [0.1, 0.15) is 23.8 Å². The lowest BCUT2D eigenvalue weighted by Gasteiger charge is -2.09. The van der Waals surface area contributed by atoms with Crippen LogP contribution in [0, 0.1) is 6.92 Å². The molecule has 0 saturated carbocycles. The first-order valence-corrected chi connectivity index (χ1v) is 10.4. The highest BCUT2D eigenvalue weighted by Crippen LogP contribution is 2.37. The van der Waals surface area contributed by atoms with Crippen LogP contribution in [0.2, 0.25) is 10.0 Å². The molecule has 3 rings (SSSR count). The van der Waals surface area contributed by atoms with E-state index < -0.39 is 5.97 Å². The maximum absolute atomic E-state index is 11.7. The molecule has 32 heavy (non-hydrogen) atoms. The minimum atomic E-state index is -0.964. The van der Waals surface area contributed by atoms with Crippen LogP contribution < -0.4 is 10.1 Å². The van der Waals surface area contributed by atoms with Crippen LogP contribution in [-0.2, 0) is 16.2 Å². The molecule has 0 aliphatic rings. The summed E-state index contributed by atoms with van der Waals surface area (Å²) < 4.78 is 11.2. The van der Waals surface area contributed by atoms with Crippen molar-refractivity contribution in [3.05, 3.63) is 75.5 Å². The Bertz CT molecular complexity index is 1120. The second kappa shape index (κ2) is 10.8. The number of nitrogens with zero attached hydrogens (tertiary/aromatic N) is 1. The number of carbonyl (C=O) groups is 2. The van der Waals surface area contributed by atoms with E-state index in [1.54, 1.807) is 55.5 Å². The van der Waals surface area contributed by atoms with Crippen molar-refractivity contribution < 1.29 is 24.0 Å². The molecule has 3 aromatic rings. The Balaban J connectivity index is 1.63. The quantitative estimate of drug-likeness (QED) is 0.416. The van der Waals surface area contributed by atoms with Crippen molar-refractivity contribution in [3.63, 3.8) is 0 Å². The molecule has 0 radical (unpaired) electrons. The van der Waals surface area contributed by atoms with Crippen molar-refractivity contribution in [2.45, 2.75) is 20.0 Å². The third-order valence-electron chi connectivity index (χ3n) is 4.51. The number of hydrogen-bond acceptors (Lipinski definition) is 5. The predicted molar refractivity (Wildman–Crippen MR) is 122 cm³/mol. The fourth-order valence-electron chi connectivity index (χ4n) is 2.84. The summed E-state index contributed by atoms with van der Waals surface area (Å²) in [6.07, 6.45) is 2.85. The molecule has 0 aliphatic heterocycles. The van der Waals surface area contributed by atoms with Crippen LogP contribution >= 0.6 is 23.2 Å². The van der Waals surface area contributed by atoms with E-state index in [-0.39, 0.29) is 25.5 Å². The molecule has 0 atom stereocenters. The maximum atomic E-state index is 11.7. The largest absolute Gasteiger partial charge is 0.489 e. The van der Waals surface area contributed by atoms with E-state index in [1.807, 2.05) is 0 Å². The zero-order valence-corrected chi connectivity index (χ0v) is 18.6. The van der Waals surface area contributed by atoms with Crippen LogP contribution in [0.4, 0.5) is 0 Å². The number of hydrogen-bond donors (Lipinski definition) is 2. The molecule has 0 unspecified atom stereocenters. The summed E-state index contributed by atoms with van der Waals surface area (Å²) in [5.74, 6) is -0.108. The molecule has 1 aromatic heterocycles. The van der Waals surface area contributed by atoms with Crippen molar-refractivity contribution in [2.75, 3.05) is 6.54 Å². The number of carboxylic acids is 1. The second-order valence-corrected chi connectivity index (χ2v) is 7.60. The van der Waals surface area contributed by atoms with E-state index >= 15 is 0 Å². The van der Waals surface area contributed by atoms with Gasteiger partial charge in [0.15, 0.2) is 0 Å². The van der Waals surface area contributed by atoms with Crippen LogP contribution in [0.25, 0.3) is 17.3 Å². The highest BCUT2D eigenvalue weighted by molar-refractivity contribution is 6.39. The number of benzene rings is 2. The molecule has 9 heteroatoms. The number of aryl methyl sites for hydroxylation is 1. The van der Waals surface area contributed by atoms with Crippen molar-refractivity contribution in [3.8, 4) is 17.0 Å². The van der Waals surface area contributed by atoms with Gasteiger partial charge < -0.3 is 19.7 Å². The topological polar surface area (TPSA) is 102 Å².